The largest absolute Gasteiger partial charge is 0.467 e. The van der Waals surface area contributed by atoms with Gasteiger partial charge >= 0.3 is 0 Å². The zero-order valence-corrected chi connectivity index (χ0v) is 14.6. The number of benzene rings is 1. The Morgan fingerprint density at radius 3 is 2.56 bits per heavy atom. The minimum absolute atomic E-state index is 0.0748. The predicted octanol–water partition coefficient (Wildman–Crippen LogP) is 3.70. The summed E-state index contributed by atoms with van der Waals surface area (Å²) in [5.41, 5.74) is 2.39. The first-order chi connectivity index (χ1) is 13.3. The molecule has 0 radical (unpaired) electrons. The Balaban J connectivity index is 1.57. The molecule has 27 heavy (non-hydrogen) atoms. The summed E-state index contributed by atoms with van der Waals surface area (Å²) in [6.45, 7) is 0.787. The third-order valence-corrected chi connectivity index (χ3v) is 4.21. The van der Waals surface area contributed by atoms with Gasteiger partial charge in [-0.1, -0.05) is 6.07 Å². The number of carbonyl (C=O) groups is 1. The molecule has 3 heterocycles. The maximum atomic E-state index is 13.1. The van der Waals surface area contributed by atoms with E-state index in [1.165, 1.54) is 0 Å². The monoisotopic (exact) mass is 358 g/mol. The van der Waals surface area contributed by atoms with Crippen molar-refractivity contribution < 1.29 is 9.21 Å². The van der Waals surface area contributed by atoms with Crippen LogP contribution in [0.3, 0.4) is 0 Å². The van der Waals surface area contributed by atoms with Crippen LogP contribution in [-0.4, -0.2) is 25.3 Å². The molecule has 0 atom stereocenters. The Bertz CT molecular complexity index is 979. The molecule has 4 rings (SSSR count). The van der Waals surface area contributed by atoms with Crippen molar-refractivity contribution in [2.24, 2.45) is 0 Å². The first-order valence-corrected chi connectivity index (χ1v) is 8.59. The minimum atomic E-state index is -0.0748. The first-order valence-electron chi connectivity index (χ1n) is 8.59. The van der Waals surface area contributed by atoms with Gasteiger partial charge in [-0.25, -0.2) is 4.98 Å². The molecule has 0 unspecified atom stereocenters. The van der Waals surface area contributed by atoms with Crippen molar-refractivity contribution in [1.29, 1.82) is 0 Å². The summed E-state index contributed by atoms with van der Waals surface area (Å²) in [6.07, 6.45) is 8.64. The Hall–Kier alpha value is -3.67. The van der Waals surface area contributed by atoms with Crippen molar-refractivity contribution in [1.82, 2.24) is 19.4 Å². The zero-order chi connectivity index (χ0) is 18.5. The summed E-state index contributed by atoms with van der Waals surface area (Å²) in [4.78, 5) is 23.2. The van der Waals surface area contributed by atoms with Crippen LogP contribution in [0.15, 0.2) is 90.2 Å². The molecule has 6 heteroatoms. The Labute approximate surface area is 156 Å². The average Bonchev–Trinajstić information content (AvgIpc) is 3.42. The van der Waals surface area contributed by atoms with Crippen molar-refractivity contribution in [3.8, 4) is 5.69 Å². The molecule has 3 aromatic heterocycles. The second-order valence-corrected chi connectivity index (χ2v) is 6.08. The molecule has 0 aliphatic carbocycles. The maximum Gasteiger partial charge on any atom is 0.254 e. The number of aromatic nitrogens is 3. The molecule has 0 aliphatic heterocycles. The van der Waals surface area contributed by atoms with Crippen LogP contribution in [0.5, 0.6) is 0 Å². The quantitative estimate of drug-likeness (QED) is 0.527. The fourth-order valence-electron chi connectivity index (χ4n) is 2.85. The number of imidazole rings is 1. The van der Waals surface area contributed by atoms with Gasteiger partial charge in [0.05, 0.1) is 31.4 Å². The summed E-state index contributed by atoms with van der Waals surface area (Å²) in [5.74, 6) is 0.656. The fraction of sp³-hybridized carbons (Fsp3) is 0.0952. The highest BCUT2D eigenvalue weighted by Crippen LogP contribution is 2.16. The van der Waals surface area contributed by atoms with Crippen LogP contribution in [0.4, 0.5) is 0 Å². The molecule has 0 N–H and O–H groups in total. The zero-order valence-electron chi connectivity index (χ0n) is 14.6. The summed E-state index contributed by atoms with van der Waals surface area (Å²) in [7, 11) is 0. The smallest absolute Gasteiger partial charge is 0.254 e. The highest BCUT2D eigenvalue weighted by Gasteiger charge is 2.18. The van der Waals surface area contributed by atoms with Crippen molar-refractivity contribution in [3.63, 3.8) is 0 Å². The van der Waals surface area contributed by atoms with Gasteiger partial charge in [-0.2, -0.15) is 0 Å². The van der Waals surface area contributed by atoms with Crippen LogP contribution >= 0.6 is 0 Å². The summed E-state index contributed by atoms with van der Waals surface area (Å²) in [5, 5.41) is 0. The van der Waals surface area contributed by atoms with Crippen molar-refractivity contribution in [2.45, 2.75) is 13.1 Å². The van der Waals surface area contributed by atoms with E-state index in [9.17, 15) is 4.79 Å². The van der Waals surface area contributed by atoms with Gasteiger partial charge < -0.3 is 13.9 Å². The third-order valence-electron chi connectivity index (χ3n) is 4.21. The second-order valence-electron chi connectivity index (χ2n) is 6.08. The van der Waals surface area contributed by atoms with E-state index < -0.39 is 0 Å². The van der Waals surface area contributed by atoms with E-state index in [1.807, 2.05) is 65.4 Å². The Kier molecular flexibility index (Phi) is 4.78. The number of hydrogen-bond acceptors (Lipinski definition) is 4. The molecule has 0 spiro atoms. The van der Waals surface area contributed by atoms with Crippen LogP contribution in [0.2, 0.25) is 0 Å². The second kappa shape index (κ2) is 7.70. The molecule has 0 fully saturated rings. The number of pyridine rings is 1. The molecule has 1 amide bonds. The van der Waals surface area contributed by atoms with E-state index >= 15 is 0 Å². The SMILES string of the molecule is O=C(c1ccc(-n2ccnc2)cc1)N(Cc1ccccn1)Cc1ccco1. The molecule has 0 bridgehead atoms. The predicted molar refractivity (Wildman–Crippen MR) is 100 cm³/mol. The summed E-state index contributed by atoms with van der Waals surface area (Å²) in [6, 6.07) is 16.8. The number of carbonyl (C=O) groups excluding carboxylic acids is 1. The van der Waals surface area contributed by atoms with Gasteiger partial charge in [0.15, 0.2) is 0 Å². The molecule has 0 aliphatic rings. The van der Waals surface area contributed by atoms with Crippen LogP contribution in [0, 0.1) is 0 Å². The van der Waals surface area contributed by atoms with Gasteiger partial charge in [0, 0.05) is 29.8 Å². The number of amides is 1. The number of furan rings is 1. The topological polar surface area (TPSA) is 64.2 Å². The van der Waals surface area contributed by atoms with Crippen LogP contribution < -0.4 is 0 Å². The van der Waals surface area contributed by atoms with Gasteiger partial charge in [0.25, 0.3) is 5.91 Å². The fourth-order valence-corrected chi connectivity index (χ4v) is 2.85. The van der Waals surface area contributed by atoms with E-state index in [0.717, 1.165) is 17.1 Å². The van der Waals surface area contributed by atoms with E-state index in [-0.39, 0.29) is 5.91 Å². The maximum absolute atomic E-state index is 13.1. The van der Waals surface area contributed by atoms with Gasteiger partial charge in [-0.3, -0.25) is 9.78 Å². The standard InChI is InChI=1S/C21H18N4O2/c26-21(17-6-8-19(9-7-17)24-12-11-22-16-24)25(15-20-5-3-13-27-20)14-18-4-1-2-10-23-18/h1-13,16H,14-15H2. The van der Waals surface area contributed by atoms with E-state index in [4.69, 9.17) is 4.42 Å². The van der Waals surface area contributed by atoms with Crippen LogP contribution in [0.25, 0.3) is 5.69 Å². The molecule has 134 valence electrons. The van der Waals surface area contributed by atoms with Crippen LogP contribution in [-0.2, 0) is 13.1 Å². The van der Waals surface area contributed by atoms with E-state index in [1.54, 1.807) is 29.9 Å². The Morgan fingerprint density at radius 2 is 1.89 bits per heavy atom. The highest BCUT2D eigenvalue weighted by atomic mass is 16.3. The first kappa shape index (κ1) is 16.8. The highest BCUT2D eigenvalue weighted by molar-refractivity contribution is 5.94. The lowest BCUT2D eigenvalue weighted by Gasteiger charge is -2.21. The molecule has 4 aromatic rings. The van der Waals surface area contributed by atoms with Gasteiger partial charge in [0.1, 0.15) is 5.76 Å². The molecule has 6 nitrogen and oxygen atoms in total. The number of rotatable bonds is 6. The minimum Gasteiger partial charge on any atom is -0.467 e. The van der Waals surface area contributed by atoms with Crippen molar-refractivity contribution >= 4 is 5.91 Å². The lowest BCUT2D eigenvalue weighted by atomic mass is 10.1. The van der Waals surface area contributed by atoms with Gasteiger partial charge in [0.2, 0.25) is 0 Å². The van der Waals surface area contributed by atoms with Gasteiger partial charge in [-0.15, -0.1) is 0 Å². The van der Waals surface area contributed by atoms with Crippen LogP contribution in [0.1, 0.15) is 21.8 Å². The summed E-state index contributed by atoms with van der Waals surface area (Å²) >= 11 is 0. The van der Waals surface area contributed by atoms with E-state index in [0.29, 0.717) is 18.7 Å². The number of hydrogen-bond donors (Lipinski definition) is 0. The Morgan fingerprint density at radius 1 is 1.00 bits per heavy atom. The lowest BCUT2D eigenvalue weighted by Crippen LogP contribution is -2.30. The van der Waals surface area contributed by atoms with E-state index in [2.05, 4.69) is 9.97 Å². The summed E-state index contributed by atoms with van der Waals surface area (Å²) < 4.78 is 7.32. The van der Waals surface area contributed by atoms with Crippen molar-refractivity contribution in [2.75, 3.05) is 0 Å². The molecular formula is C21H18N4O2. The molecule has 0 saturated heterocycles. The molecule has 1 aromatic carbocycles. The number of nitrogens with zero attached hydrogens (tertiary/aromatic N) is 4. The third kappa shape index (κ3) is 3.95. The van der Waals surface area contributed by atoms with Crippen molar-refractivity contribution in [3.05, 3.63) is 103 Å². The van der Waals surface area contributed by atoms with Gasteiger partial charge in [-0.05, 0) is 48.5 Å². The lowest BCUT2D eigenvalue weighted by molar-refractivity contribution is 0.0715. The molecule has 0 saturated carbocycles. The average molecular weight is 358 g/mol. The normalized spacial score (nSPS) is 10.7. The molecular weight excluding hydrogens is 340 g/mol.